The highest BCUT2D eigenvalue weighted by Gasteiger charge is 2.23. The minimum atomic E-state index is 0.313. The van der Waals surface area contributed by atoms with Gasteiger partial charge in [0.2, 0.25) is 0 Å². The highest BCUT2D eigenvalue weighted by atomic mass is 15.3. The van der Waals surface area contributed by atoms with Gasteiger partial charge in [-0.3, -0.25) is 0 Å². The lowest BCUT2D eigenvalue weighted by Gasteiger charge is -2.37. The van der Waals surface area contributed by atoms with Crippen LogP contribution in [0.4, 0.5) is 5.82 Å². The van der Waals surface area contributed by atoms with E-state index < -0.39 is 0 Å². The van der Waals surface area contributed by atoms with Crippen LogP contribution in [0.2, 0.25) is 0 Å². The van der Waals surface area contributed by atoms with Crippen molar-refractivity contribution < 1.29 is 0 Å². The first kappa shape index (κ1) is 7.49. The van der Waals surface area contributed by atoms with Crippen LogP contribution in [-0.4, -0.2) is 29.3 Å². The molecule has 1 aliphatic rings. The summed E-state index contributed by atoms with van der Waals surface area (Å²) < 4.78 is 0. The Kier molecular flexibility index (Phi) is 1.69. The fourth-order valence-electron chi connectivity index (χ4n) is 1.26. The zero-order chi connectivity index (χ0) is 8.55. The second kappa shape index (κ2) is 2.71. The number of nitrogens with zero attached hydrogens (tertiary/aromatic N) is 3. The van der Waals surface area contributed by atoms with Crippen LogP contribution in [0.15, 0.2) is 12.1 Å². The van der Waals surface area contributed by atoms with E-state index in [1.54, 1.807) is 0 Å². The Labute approximate surface area is 71.4 Å². The summed E-state index contributed by atoms with van der Waals surface area (Å²) in [5.74, 6) is 0.933. The Morgan fingerprint density at radius 2 is 2.17 bits per heavy atom. The third kappa shape index (κ3) is 1.25. The van der Waals surface area contributed by atoms with E-state index in [0.29, 0.717) is 6.04 Å². The second-order valence-electron chi connectivity index (χ2n) is 3.20. The van der Waals surface area contributed by atoms with Crippen LogP contribution in [0.25, 0.3) is 0 Å². The van der Waals surface area contributed by atoms with E-state index in [0.717, 1.165) is 24.6 Å². The van der Waals surface area contributed by atoms with E-state index in [9.17, 15) is 0 Å². The first-order valence-electron chi connectivity index (χ1n) is 4.06. The van der Waals surface area contributed by atoms with Gasteiger partial charge in [-0.15, -0.1) is 5.10 Å². The maximum Gasteiger partial charge on any atom is 0.151 e. The molecule has 0 unspecified atom stereocenters. The van der Waals surface area contributed by atoms with Gasteiger partial charge >= 0.3 is 0 Å². The van der Waals surface area contributed by atoms with Crippen molar-refractivity contribution in [1.82, 2.24) is 10.2 Å². The van der Waals surface area contributed by atoms with Gasteiger partial charge in [0.1, 0.15) is 0 Å². The molecular weight excluding hydrogens is 152 g/mol. The SMILES string of the molecule is Cc1ccc(N2CC(N)C2)nn1. The molecule has 1 saturated heterocycles. The van der Waals surface area contributed by atoms with Crippen molar-refractivity contribution in [2.45, 2.75) is 13.0 Å². The van der Waals surface area contributed by atoms with Crippen LogP contribution in [0.5, 0.6) is 0 Å². The van der Waals surface area contributed by atoms with Crippen LogP contribution in [0.3, 0.4) is 0 Å². The first-order valence-corrected chi connectivity index (χ1v) is 4.06. The molecule has 2 rings (SSSR count). The molecule has 0 aromatic carbocycles. The highest BCUT2D eigenvalue weighted by molar-refractivity contribution is 5.41. The molecule has 0 radical (unpaired) electrons. The van der Waals surface area contributed by atoms with Crippen LogP contribution < -0.4 is 10.6 Å². The molecule has 4 nitrogen and oxygen atoms in total. The van der Waals surface area contributed by atoms with Gasteiger partial charge in [-0.05, 0) is 19.1 Å². The third-order valence-corrected chi connectivity index (χ3v) is 2.02. The summed E-state index contributed by atoms with van der Waals surface area (Å²) in [7, 11) is 0. The molecule has 0 aliphatic carbocycles. The highest BCUT2D eigenvalue weighted by Crippen LogP contribution is 2.15. The standard InChI is InChI=1S/C8H12N4/c1-6-2-3-8(11-10-6)12-4-7(9)5-12/h2-3,7H,4-5,9H2,1H3. The maximum atomic E-state index is 5.65. The van der Waals surface area contributed by atoms with Gasteiger partial charge < -0.3 is 10.6 Å². The van der Waals surface area contributed by atoms with Crippen LogP contribution in [0, 0.1) is 6.92 Å². The quantitative estimate of drug-likeness (QED) is 0.631. The van der Waals surface area contributed by atoms with Crippen LogP contribution >= 0.6 is 0 Å². The summed E-state index contributed by atoms with van der Waals surface area (Å²) in [5.41, 5.74) is 6.59. The number of nitrogens with two attached hydrogens (primary N) is 1. The minimum absolute atomic E-state index is 0.313. The van der Waals surface area contributed by atoms with Gasteiger partial charge in [-0.25, -0.2) is 0 Å². The lowest BCUT2D eigenvalue weighted by molar-refractivity contribution is 0.512. The summed E-state index contributed by atoms with van der Waals surface area (Å²) >= 11 is 0. The first-order chi connectivity index (χ1) is 5.75. The smallest absolute Gasteiger partial charge is 0.151 e. The molecule has 1 aromatic heterocycles. The Bertz CT molecular complexity index is 263. The molecule has 0 spiro atoms. The number of hydrogen-bond acceptors (Lipinski definition) is 4. The van der Waals surface area contributed by atoms with Crippen molar-refractivity contribution in [3.05, 3.63) is 17.8 Å². The van der Waals surface area contributed by atoms with Gasteiger partial charge in [0, 0.05) is 19.1 Å². The van der Waals surface area contributed by atoms with Crippen molar-refractivity contribution in [2.75, 3.05) is 18.0 Å². The average molecular weight is 164 g/mol. The topological polar surface area (TPSA) is 55.0 Å². The predicted octanol–water partition coefficient (Wildman–Crippen LogP) is -0.0677. The Morgan fingerprint density at radius 1 is 1.42 bits per heavy atom. The number of aromatic nitrogens is 2. The lowest BCUT2D eigenvalue weighted by atomic mass is 10.1. The van der Waals surface area contributed by atoms with Gasteiger partial charge in [-0.1, -0.05) is 0 Å². The Hall–Kier alpha value is -1.16. The van der Waals surface area contributed by atoms with Gasteiger partial charge in [0.15, 0.2) is 5.82 Å². The van der Waals surface area contributed by atoms with Crippen molar-refractivity contribution >= 4 is 5.82 Å². The van der Waals surface area contributed by atoms with Gasteiger partial charge in [0.25, 0.3) is 0 Å². The number of anilines is 1. The zero-order valence-corrected chi connectivity index (χ0v) is 7.07. The normalized spacial score (nSPS) is 17.7. The molecule has 1 aromatic rings. The van der Waals surface area contributed by atoms with E-state index in [1.807, 2.05) is 19.1 Å². The van der Waals surface area contributed by atoms with Gasteiger partial charge in [-0.2, -0.15) is 5.10 Å². The summed E-state index contributed by atoms with van der Waals surface area (Å²) in [6.45, 7) is 3.73. The van der Waals surface area contributed by atoms with E-state index in [1.165, 1.54) is 0 Å². The van der Waals surface area contributed by atoms with E-state index in [4.69, 9.17) is 5.73 Å². The monoisotopic (exact) mass is 164 g/mol. The maximum absolute atomic E-state index is 5.65. The minimum Gasteiger partial charge on any atom is -0.352 e. The third-order valence-electron chi connectivity index (χ3n) is 2.02. The summed E-state index contributed by atoms with van der Waals surface area (Å²) in [5, 5.41) is 8.03. The average Bonchev–Trinajstić information content (AvgIpc) is 2.01. The second-order valence-corrected chi connectivity index (χ2v) is 3.20. The summed E-state index contributed by atoms with van der Waals surface area (Å²) in [6.07, 6.45) is 0. The van der Waals surface area contributed by atoms with Gasteiger partial charge in [0.05, 0.1) is 5.69 Å². The van der Waals surface area contributed by atoms with E-state index in [-0.39, 0.29) is 0 Å². The van der Waals surface area contributed by atoms with Crippen LogP contribution in [-0.2, 0) is 0 Å². The molecule has 0 amide bonds. The molecule has 2 N–H and O–H groups in total. The van der Waals surface area contributed by atoms with Crippen LogP contribution in [0.1, 0.15) is 5.69 Å². The molecule has 0 bridgehead atoms. The van der Waals surface area contributed by atoms with E-state index >= 15 is 0 Å². The fourth-order valence-corrected chi connectivity index (χ4v) is 1.26. The predicted molar refractivity (Wildman–Crippen MR) is 47.0 cm³/mol. The van der Waals surface area contributed by atoms with Crippen molar-refractivity contribution in [3.8, 4) is 0 Å². The molecule has 64 valence electrons. The van der Waals surface area contributed by atoms with Crippen molar-refractivity contribution in [2.24, 2.45) is 5.73 Å². The van der Waals surface area contributed by atoms with Crippen molar-refractivity contribution in [3.63, 3.8) is 0 Å². The molecule has 1 fully saturated rings. The molecule has 4 heteroatoms. The molecule has 1 aliphatic heterocycles. The fraction of sp³-hybridized carbons (Fsp3) is 0.500. The summed E-state index contributed by atoms with van der Waals surface area (Å²) in [4.78, 5) is 2.12. The zero-order valence-electron chi connectivity index (χ0n) is 7.07. The lowest BCUT2D eigenvalue weighted by Crippen LogP contribution is -2.56. The largest absolute Gasteiger partial charge is 0.352 e. The molecule has 0 atom stereocenters. The number of rotatable bonds is 1. The molecule has 12 heavy (non-hydrogen) atoms. The number of aryl methyl sites for hydroxylation is 1. The number of hydrogen-bond donors (Lipinski definition) is 1. The Morgan fingerprint density at radius 3 is 2.67 bits per heavy atom. The molecular formula is C8H12N4. The molecule has 0 saturated carbocycles. The van der Waals surface area contributed by atoms with E-state index in [2.05, 4.69) is 15.1 Å². The Balaban J connectivity index is 2.09. The van der Waals surface area contributed by atoms with Crippen molar-refractivity contribution in [1.29, 1.82) is 0 Å². The molecule has 2 heterocycles. The summed E-state index contributed by atoms with van der Waals surface area (Å²) in [6, 6.07) is 4.26.